The summed E-state index contributed by atoms with van der Waals surface area (Å²) >= 11 is 0. The Hall–Kier alpha value is -1.24. The molecule has 1 aromatic rings. The smallest absolute Gasteiger partial charge is 0.0317 e. The Morgan fingerprint density at radius 1 is 1.25 bits per heavy atom. The molecule has 0 saturated carbocycles. The lowest BCUT2D eigenvalue weighted by Gasteiger charge is -2.33. The Morgan fingerprint density at radius 3 is 2.56 bits per heavy atom. The van der Waals surface area contributed by atoms with E-state index in [-0.39, 0.29) is 5.41 Å². The zero-order chi connectivity index (χ0) is 11.9. The molecule has 1 nitrogen and oxygen atoms in total. The van der Waals surface area contributed by atoms with Crippen LogP contribution in [0.1, 0.15) is 45.2 Å². The van der Waals surface area contributed by atoms with Gasteiger partial charge in [0.25, 0.3) is 0 Å². The van der Waals surface area contributed by atoms with Gasteiger partial charge in [0, 0.05) is 5.69 Å². The fourth-order valence-electron chi connectivity index (χ4n) is 2.51. The Bertz CT molecular complexity index is 439. The van der Waals surface area contributed by atoms with Gasteiger partial charge in [0.05, 0.1) is 0 Å². The average Bonchev–Trinajstić information content (AvgIpc) is 2.18. The molecular formula is C15H21N. The molecule has 0 amide bonds. The molecule has 1 heteroatoms. The van der Waals surface area contributed by atoms with E-state index in [4.69, 9.17) is 5.73 Å². The number of allylic oxidation sites excluding steroid dienone is 2. The Morgan fingerprint density at radius 2 is 1.94 bits per heavy atom. The van der Waals surface area contributed by atoms with Crippen LogP contribution in [0.25, 0.3) is 5.57 Å². The van der Waals surface area contributed by atoms with E-state index in [1.807, 2.05) is 6.07 Å². The van der Waals surface area contributed by atoms with Crippen molar-refractivity contribution >= 4 is 11.3 Å². The van der Waals surface area contributed by atoms with Crippen LogP contribution >= 0.6 is 0 Å². The Labute approximate surface area is 98.4 Å². The van der Waals surface area contributed by atoms with E-state index < -0.39 is 0 Å². The molecule has 0 fully saturated rings. The summed E-state index contributed by atoms with van der Waals surface area (Å²) in [6.45, 7) is 9.09. The van der Waals surface area contributed by atoms with Gasteiger partial charge in [-0.2, -0.15) is 0 Å². The first-order valence-electron chi connectivity index (χ1n) is 6.02. The van der Waals surface area contributed by atoms with Gasteiger partial charge in [-0.05, 0) is 46.6 Å². The summed E-state index contributed by atoms with van der Waals surface area (Å²) < 4.78 is 0. The lowest BCUT2D eigenvalue weighted by Crippen LogP contribution is -2.22. The highest BCUT2D eigenvalue weighted by Gasteiger charge is 2.28. The molecule has 1 aromatic carbocycles. The molecule has 2 N–H and O–H groups in total. The number of nitrogens with two attached hydrogens (primary N) is 1. The van der Waals surface area contributed by atoms with E-state index in [1.54, 1.807) is 0 Å². The second kappa shape index (κ2) is 3.65. The normalized spacial score (nSPS) is 18.2. The predicted octanol–water partition coefficient (Wildman–Crippen LogP) is 3.99. The molecular weight excluding hydrogens is 194 g/mol. The van der Waals surface area contributed by atoms with Gasteiger partial charge < -0.3 is 5.73 Å². The second-order valence-electron chi connectivity index (χ2n) is 5.71. The lowest BCUT2D eigenvalue weighted by molar-refractivity contribution is 0.523. The summed E-state index contributed by atoms with van der Waals surface area (Å²) in [6.07, 6.45) is 3.50. The maximum absolute atomic E-state index is 5.91. The topological polar surface area (TPSA) is 26.0 Å². The minimum absolute atomic E-state index is 0.211. The maximum Gasteiger partial charge on any atom is 0.0317 e. The molecule has 0 spiro atoms. The fraction of sp³-hybridized carbons (Fsp3) is 0.467. The first-order chi connectivity index (χ1) is 7.42. The van der Waals surface area contributed by atoms with Gasteiger partial charge in [0.1, 0.15) is 0 Å². The van der Waals surface area contributed by atoms with Crippen LogP contribution in [0, 0.1) is 5.92 Å². The van der Waals surface area contributed by atoms with E-state index in [2.05, 4.69) is 45.9 Å². The highest BCUT2D eigenvalue weighted by molar-refractivity contribution is 5.74. The molecule has 86 valence electrons. The van der Waals surface area contributed by atoms with Crippen LogP contribution in [0.2, 0.25) is 0 Å². The summed E-state index contributed by atoms with van der Waals surface area (Å²) in [7, 11) is 0. The second-order valence-corrected chi connectivity index (χ2v) is 5.71. The summed E-state index contributed by atoms with van der Waals surface area (Å²) in [5, 5.41) is 0. The highest BCUT2D eigenvalue weighted by atomic mass is 14.5. The third-order valence-electron chi connectivity index (χ3n) is 3.54. The lowest BCUT2D eigenvalue weighted by atomic mass is 9.71. The predicted molar refractivity (Wildman–Crippen MR) is 71.3 cm³/mol. The fourth-order valence-corrected chi connectivity index (χ4v) is 2.51. The van der Waals surface area contributed by atoms with Crippen molar-refractivity contribution in [1.29, 1.82) is 0 Å². The van der Waals surface area contributed by atoms with E-state index in [0.717, 1.165) is 12.1 Å². The van der Waals surface area contributed by atoms with Crippen LogP contribution in [0.4, 0.5) is 5.69 Å². The van der Waals surface area contributed by atoms with Gasteiger partial charge in [-0.1, -0.05) is 39.8 Å². The van der Waals surface area contributed by atoms with Gasteiger partial charge in [-0.15, -0.1) is 0 Å². The van der Waals surface area contributed by atoms with Gasteiger partial charge in [0.2, 0.25) is 0 Å². The van der Waals surface area contributed by atoms with Crippen LogP contribution in [-0.2, 0) is 5.41 Å². The largest absolute Gasteiger partial charge is 0.399 e. The van der Waals surface area contributed by atoms with Crippen molar-refractivity contribution in [3.63, 3.8) is 0 Å². The molecule has 0 radical (unpaired) electrons. The number of anilines is 1. The Kier molecular flexibility index (Phi) is 2.57. The van der Waals surface area contributed by atoms with Crippen LogP contribution in [0.15, 0.2) is 24.3 Å². The molecule has 0 heterocycles. The van der Waals surface area contributed by atoms with E-state index >= 15 is 0 Å². The molecule has 2 rings (SSSR count). The number of rotatable bonds is 1. The SMILES string of the molecule is CC(C)C1=CCC(C)(C)c2cc(N)ccc21. The summed E-state index contributed by atoms with van der Waals surface area (Å²) in [5.74, 6) is 0.582. The van der Waals surface area contributed by atoms with Crippen molar-refractivity contribution in [3.05, 3.63) is 35.4 Å². The van der Waals surface area contributed by atoms with Crippen molar-refractivity contribution in [2.24, 2.45) is 5.92 Å². The molecule has 1 aliphatic rings. The summed E-state index contributed by atoms with van der Waals surface area (Å²) in [4.78, 5) is 0. The first-order valence-corrected chi connectivity index (χ1v) is 6.02. The van der Waals surface area contributed by atoms with E-state index in [1.165, 1.54) is 16.7 Å². The van der Waals surface area contributed by atoms with Crippen molar-refractivity contribution < 1.29 is 0 Å². The third kappa shape index (κ3) is 1.75. The number of benzene rings is 1. The van der Waals surface area contributed by atoms with Gasteiger partial charge in [-0.25, -0.2) is 0 Å². The minimum atomic E-state index is 0.211. The van der Waals surface area contributed by atoms with E-state index in [9.17, 15) is 0 Å². The van der Waals surface area contributed by atoms with Crippen LogP contribution in [0.3, 0.4) is 0 Å². The van der Waals surface area contributed by atoms with Crippen molar-refractivity contribution in [3.8, 4) is 0 Å². The van der Waals surface area contributed by atoms with Gasteiger partial charge in [0.15, 0.2) is 0 Å². The molecule has 0 bridgehead atoms. The number of hydrogen-bond acceptors (Lipinski definition) is 1. The molecule has 0 aromatic heterocycles. The quantitative estimate of drug-likeness (QED) is 0.704. The highest BCUT2D eigenvalue weighted by Crippen LogP contribution is 2.41. The zero-order valence-electron chi connectivity index (χ0n) is 10.7. The van der Waals surface area contributed by atoms with Gasteiger partial charge in [-0.3, -0.25) is 0 Å². The standard InChI is InChI=1S/C15H21N/c1-10(2)12-7-8-15(3,4)14-9-11(16)5-6-13(12)14/h5-7,9-10H,8,16H2,1-4H3. The summed E-state index contributed by atoms with van der Waals surface area (Å²) in [5.41, 5.74) is 11.2. The number of hydrogen-bond donors (Lipinski definition) is 1. The third-order valence-corrected chi connectivity index (χ3v) is 3.54. The number of fused-ring (bicyclic) bond motifs is 1. The number of nitrogen functional groups attached to an aromatic ring is 1. The van der Waals surface area contributed by atoms with Crippen molar-refractivity contribution in [1.82, 2.24) is 0 Å². The first kappa shape index (κ1) is 11.3. The maximum atomic E-state index is 5.91. The van der Waals surface area contributed by atoms with Crippen molar-refractivity contribution in [2.45, 2.75) is 39.5 Å². The van der Waals surface area contributed by atoms with E-state index in [0.29, 0.717) is 5.92 Å². The molecule has 1 aliphatic carbocycles. The van der Waals surface area contributed by atoms with Crippen molar-refractivity contribution in [2.75, 3.05) is 5.73 Å². The molecule has 0 saturated heterocycles. The zero-order valence-corrected chi connectivity index (χ0v) is 10.7. The molecule has 0 unspecified atom stereocenters. The minimum Gasteiger partial charge on any atom is -0.399 e. The van der Waals surface area contributed by atoms with Crippen LogP contribution < -0.4 is 5.73 Å². The molecule has 0 aliphatic heterocycles. The monoisotopic (exact) mass is 215 g/mol. The Balaban J connectivity index is 2.61. The van der Waals surface area contributed by atoms with Crippen LogP contribution in [-0.4, -0.2) is 0 Å². The van der Waals surface area contributed by atoms with Gasteiger partial charge >= 0.3 is 0 Å². The average molecular weight is 215 g/mol. The van der Waals surface area contributed by atoms with Crippen LogP contribution in [0.5, 0.6) is 0 Å². The molecule has 0 atom stereocenters. The summed E-state index contributed by atoms with van der Waals surface area (Å²) in [6, 6.07) is 6.33. The molecule has 16 heavy (non-hydrogen) atoms.